The van der Waals surface area contributed by atoms with Gasteiger partial charge in [0.2, 0.25) is 0 Å². The zero-order valence-corrected chi connectivity index (χ0v) is 13.9. The Balaban J connectivity index is 1.93. The summed E-state index contributed by atoms with van der Waals surface area (Å²) < 4.78 is 4.94. The molecule has 0 heterocycles. The Labute approximate surface area is 144 Å². The predicted octanol–water partition coefficient (Wildman–Crippen LogP) is 3.51. The van der Waals surface area contributed by atoms with Crippen LogP contribution in [0.1, 0.15) is 35.7 Å². The van der Waals surface area contributed by atoms with Crippen molar-refractivity contribution in [2.45, 2.75) is 19.8 Å². The van der Waals surface area contributed by atoms with Crippen molar-refractivity contribution in [3.05, 3.63) is 69.8 Å². The van der Waals surface area contributed by atoms with Crippen molar-refractivity contribution in [1.29, 1.82) is 0 Å². The van der Waals surface area contributed by atoms with E-state index in [4.69, 9.17) is 4.74 Å². The van der Waals surface area contributed by atoms with Crippen molar-refractivity contribution in [3.63, 3.8) is 0 Å². The molecule has 130 valence electrons. The number of nitro groups is 1. The number of esters is 1. The average molecular weight is 342 g/mol. The largest absolute Gasteiger partial charge is 0.452 e. The van der Waals surface area contributed by atoms with E-state index in [1.165, 1.54) is 24.3 Å². The average Bonchev–Trinajstić information content (AvgIpc) is 2.60. The fourth-order valence-electron chi connectivity index (χ4n) is 2.23. The second-order valence-electron chi connectivity index (χ2n) is 5.67. The third-order valence-corrected chi connectivity index (χ3v) is 3.51. The number of rotatable bonds is 6. The molecule has 2 rings (SSSR count). The van der Waals surface area contributed by atoms with E-state index in [-0.39, 0.29) is 17.2 Å². The van der Waals surface area contributed by atoms with Crippen LogP contribution in [0.15, 0.2) is 48.5 Å². The number of carbonyl (C=O) groups is 2. The van der Waals surface area contributed by atoms with Crippen LogP contribution in [0.5, 0.6) is 0 Å². The molecule has 0 aliphatic rings. The lowest BCUT2D eigenvalue weighted by molar-refractivity contribution is -0.384. The molecule has 0 saturated heterocycles. The Hall–Kier alpha value is -3.22. The minimum Gasteiger partial charge on any atom is -0.452 e. The molecule has 7 nitrogen and oxygen atoms in total. The quantitative estimate of drug-likeness (QED) is 0.492. The molecule has 0 saturated carbocycles. The zero-order chi connectivity index (χ0) is 18.4. The van der Waals surface area contributed by atoms with Crippen LogP contribution in [0, 0.1) is 10.1 Å². The van der Waals surface area contributed by atoms with Gasteiger partial charge in [-0.15, -0.1) is 0 Å². The van der Waals surface area contributed by atoms with Gasteiger partial charge in [-0.1, -0.05) is 32.0 Å². The summed E-state index contributed by atoms with van der Waals surface area (Å²) in [6.45, 7) is 3.58. The molecule has 1 N–H and O–H groups in total. The number of ether oxygens (including phenoxy) is 1. The van der Waals surface area contributed by atoms with Crippen LogP contribution in [-0.2, 0) is 9.53 Å². The highest BCUT2D eigenvalue weighted by Gasteiger charge is 2.14. The highest BCUT2D eigenvalue weighted by Crippen LogP contribution is 2.23. The second kappa shape index (κ2) is 8.05. The van der Waals surface area contributed by atoms with Gasteiger partial charge in [-0.2, -0.15) is 0 Å². The Morgan fingerprint density at radius 3 is 2.36 bits per heavy atom. The Bertz CT molecular complexity index is 784. The van der Waals surface area contributed by atoms with Crippen molar-refractivity contribution in [3.8, 4) is 0 Å². The van der Waals surface area contributed by atoms with E-state index in [0.717, 1.165) is 5.56 Å². The van der Waals surface area contributed by atoms with E-state index in [2.05, 4.69) is 5.32 Å². The number of nitrogens with one attached hydrogen (secondary N) is 1. The number of nitro benzene ring substituents is 1. The Morgan fingerprint density at radius 1 is 1.12 bits per heavy atom. The van der Waals surface area contributed by atoms with Crippen molar-refractivity contribution in [2.75, 3.05) is 11.9 Å². The molecular weight excluding hydrogens is 324 g/mol. The predicted molar refractivity (Wildman–Crippen MR) is 92.5 cm³/mol. The molecule has 0 bridgehead atoms. The normalized spacial score (nSPS) is 10.4. The van der Waals surface area contributed by atoms with Crippen LogP contribution < -0.4 is 5.32 Å². The molecular formula is C18H18N2O5. The van der Waals surface area contributed by atoms with Gasteiger partial charge in [-0.3, -0.25) is 14.9 Å². The van der Waals surface area contributed by atoms with E-state index < -0.39 is 23.4 Å². The van der Waals surface area contributed by atoms with Crippen molar-refractivity contribution < 1.29 is 19.2 Å². The molecule has 25 heavy (non-hydrogen) atoms. The Morgan fingerprint density at radius 2 is 1.76 bits per heavy atom. The number of non-ortho nitro benzene ring substituents is 1. The molecule has 2 aromatic carbocycles. The maximum Gasteiger partial charge on any atom is 0.338 e. The number of anilines is 1. The number of carbonyl (C=O) groups excluding carboxylic acids is 2. The van der Waals surface area contributed by atoms with E-state index >= 15 is 0 Å². The number of amides is 1. The van der Waals surface area contributed by atoms with Crippen molar-refractivity contribution in [2.24, 2.45) is 0 Å². The second-order valence-corrected chi connectivity index (χ2v) is 5.67. The monoisotopic (exact) mass is 342 g/mol. The molecule has 0 atom stereocenters. The number of nitrogens with zero attached hydrogens (tertiary/aromatic N) is 1. The van der Waals surface area contributed by atoms with Gasteiger partial charge in [0.25, 0.3) is 11.6 Å². The van der Waals surface area contributed by atoms with Crippen LogP contribution >= 0.6 is 0 Å². The zero-order valence-electron chi connectivity index (χ0n) is 13.9. The van der Waals surface area contributed by atoms with Gasteiger partial charge in [0.05, 0.1) is 10.5 Å². The summed E-state index contributed by atoms with van der Waals surface area (Å²) in [5.41, 5.74) is 1.67. The van der Waals surface area contributed by atoms with Crippen LogP contribution in [0.2, 0.25) is 0 Å². The third-order valence-electron chi connectivity index (χ3n) is 3.51. The van der Waals surface area contributed by atoms with Crippen LogP contribution in [0.4, 0.5) is 11.4 Å². The molecule has 1 amide bonds. The molecule has 7 heteroatoms. The summed E-state index contributed by atoms with van der Waals surface area (Å²) in [5.74, 6) is -0.940. The number of hydrogen-bond acceptors (Lipinski definition) is 5. The summed E-state index contributed by atoms with van der Waals surface area (Å²) in [4.78, 5) is 33.9. The van der Waals surface area contributed by atoms with E-state index in [1.54, 1.807) is 6.07 Å². The van der Waals surface area contributed by atoms with Gasteiger partial charge >= 0.3 is 5.97 Å². The number of benzene rings is 2. The minimum absolute atomic E-state index is 0.125. The lowest BCUT2D eigenvalue weighted by Gasteiger charge is -2.13. The van der Waals surface area contributed by atoms with Gasteiger partial charge in [-0.25, -0.2) is 4.79 Å². The lowest BCUT2D eigenvalue weighted by Crippen LogP contribution is -2.21. The molecule has 0 fully saturated rings. The topological polar surface area (TPSA) is 98.5 Å². The highest BCUT2D eigenvalue weighted by molar-refractivity contribution is 5.96. The summed E-state index contributed by atoms with van der Waals surface area (Å²) in [5, 5.41) is 13.3. The lowest BCUT2D eigenvalue weighted by atomic mass is 10.0. The fraction of sp³-hybridized carbons (Fsp3) is 0.222. The first-order valence-electron chi connectivity index (χ1n) is 7.69. The smallest absolute Gasteiger partial charge is 0.338 e. The van der Waals surface area contributed by atoms with E-state index in [1.807, 2.05) is 32.0 Å². The number of para-hydroxylation sites is 1. The van der Waals surface area contributed by atoms with Crippen LogP contribution in [-0.4, -0.2) is 23.4 Å². The van der Waals surface area contributed by atoms with Crippen molar-refractivity contribution in [1.82, 2.24) is 0 Å². The molecule has 0 aliphatic heterocycles. The standard InChI is InChI=1S/C18H18N2O5/c1-12(2)15-5-3-4-6-16(15)19-17(21)11-25-18(22)13-7-9-14(10-8-13)20(23)24/h3-10,12H,11H2,1-2H3,(H,19,21). The van der Waals surface area contributed by atoms with Gasteiger partial charge in [-0.05, 0) is 29.7 Å². The minimum atomic E-state index is -0.720. The number of hydrogen-bond donors (Lipinski definition) is 1. The molecule has 0 aromatic heterocycles. The Kier molecular flexibility index (Phi) is 5.84. The highest BCUT2D eigenvalue weighted by atomic mass is 16.6. The summed E-state index contributed by atoms with van der Waals surface area (Å²) in [6.07, 6.45) is 0. The first-order chi connectivity index (χ1) is 11.9. The van der Waals surface area contributed by atoms with E-state index in [0.29, 0.717) is 5.69 Å². The van der Waals surface area contributed by atoms with Crippen LogP contribution in [0.3, 0.4) is 0 Å². The maximum absolute atomic E-state index is 12.0. The molecule has 0 aliphatic carbocycles. The first-order valence-corrected chi connectivity index (χ1v) is 7.69. The maximum atomic E-state index is 12.0. The van der Waals surface area contributed by atoms with Crippen molar-refractivity contribution >= 4 is 23.3 Å². The summed E-state index contributed by atoms with van der Waals surface area (Å²) in [7, 11) is 0. The summed E-state index contributed by atoms with van der Waals surface area (Å²) in [6, 6.07) is 12.4. The van der Waals surface area contributed by atoms with Gasteiger partial charge in [0, 0.05) is 17.8 Å². The molecule has 0 unspecified atom stereocenters. The SMILES string of the molecule is CC(C)c1ccccc1NC(=O)COC(=O)c1ccc([N+](=O)[O-])cc1. The van der Waals surface area contributed by atoms with Crippen LogP contribution in [0.25, 0.3) is 0 Å². The van der Waals surface area contributed by atoms with E-state index in [9.17, 15) is 19.7 Å². The first kappa shape index (κ1) is 18.1. The molecule has 2 aromatic rings. The fourth-order valence-corrected chi connectivity index (χ4v) is 2.23. The molecule has 0 spiro atoms. The summed E-state index contributed by atoms with van der Waals surface area (Å²) >= 11 is 0. The van der Waals surface area contributed by atoms with Gasteiger partial charge < -0.3 is 10.1 Å². The van der Waals surface area contributed by atoms with Gasteiger partial charge in [0.1, 0.15) is 0 Å². The molecule has 0 radical (unpaired) electrons. The third kappa shape index (κ3) is 4.87. The van der Waals surface area contributed by atoms with Gasteiger partial charge in [0.15, 0.2) is 6.61 Å².